The van der Waals surface area contributed by atoms with Gasteiger partial charge in [0, 0.05) is 18.2 Å². The zero-order valence-corrected chi connectivity index (χ0v) is 7.71. The van der Waals surface area contributed by atoms with Crippen molar-refractivity contribution in [3.05, 3.63) is 41.0 Å². The molecular weight excluding hydrogens is 204 g/mol. The molecule has 0 saturated carbocycles. The molecule has 1 rings (SSSR count). The predicted octanol–water partition coefficient (Wildman–Crippen LogP) is 1.63. The Labute approximate surface area is 84.8 Å². The summed E-state index contributed by atoms with van der Waals surface area (Å²) in [6.07, 6.45) is 2.75. The van der Waals surface area contributed by atoms with Gasteiger partial charge in [0.25, 0.3) is 0 Å². The second kappa shape index (κ2) is 4.65. The lowest BCUT2D eigenvalue weighted by Crippen LogP contribution is -2.02. The highest BCUT2D eigenvalue weighted by Crippen LogP contribution is 2.16. The van der Waals surface area contributed by atoms with E-state index in [1.807, 2.05) is 0 Å². The van der Waals surface area contributed by atoms with Crippen molar-refractivity contribution in [3.8, 4) is 0 Å². The summed E-state index contributed by atoms with van der Waals surface area (Å²) in [5.41, 5.74) is 4.59. The molecule has 0 fully saturated rings. The molecule has 80 valence electrons. The van der Waals surface area contributed by atoms with E-state index in [9.17, 15) is 13.6 Å². The third-order valence-electron chi connectivity index (χ3n) is 1.75. The molecule has 0 spiro atoms. The monoisotopic (exact) mass is 213 g/mol. The summed E-state index contributed by atoms with van der Waals surface area (Å²) in [5, 5.41) is 8.60. The summed E-state index contributed by atoms with van der Waals surface area (Å²) < 4.78 is 26.0. The topological polar surface area (TPSA) is 63.3 Å². The maximum absolute atomic E-state index is 13.1. The zero-order chi connectivity index (χ0) is 11.4. The quantitative estimate of drug-likeness (QED) is 0.802. The molecule has 0 aliphatic rings. The molecule has 0 heterocycles. The number of nitrogens with two attached hydrogens (primary N) is 1. The van der Waals surface area contributed by atoms with Crippen LogP contribution in [0.15, 0.2) is 18.2 Å². The zero-order valence-electron chi connectivity index (χ0n) is 7.71. The van der Waals surface area contributed by atoms with E-state index in [1.54, 1.807) is 0 Å². The minimum absolute atomic E-state index is 0.000694. The van der Waals surface area contributed by atoms with Crippen molar-refractivity contribution in [2.75, 3.05) is 6.54 Å². The lowest BCUT2D eigenvalue weighted by Gasteiger charge is -2.01. The number of carboxylic acids is 1. The number of halogens is 2. The van der Waals surface area contributed by atoms with Gasteiger partial charge in [-0.05, 0) is 6.07 Å². The van der Waals surface area contributed by atoms with Crippen LogP contribution in [-0.4, -0.2) is 17.6 Å². The van der Waals surface area contributed by atoms with E-state index >= 15 is 0 Å². The van der Waals surface area contributed by atoms with Gasteiger partial charge in [-0.15, -0.1) is 0 Å². The third kappa shape index (κ3) is 2.60. The molecule has 15 heavy (non-hydrogen) atoms. The van der Waals surface area contributed by atoms with Crippen LogP contribution in [0.1, 0.15) is 15.9 Å². The number of carbonyl (C=O) groups is 1. The molecule has 0 bridgehead atoms. The molecule has 0 aliphatic heterocycles. The van der Waals surface area contributed by atoms with Gasteiger partial charge < -0.3 is 10.8 Å². The van der Waals surface area contributed by atoms with Crippen molar-refractivity contribution >= 4 is 12.0 Å². The summed E-state index contributed by atoms with van der Waals surface area (Å²) in [4.78, 5) is 10.5. The number of aromatic carboxylic acids is 1. The standard InChI is InChI=1S/C10H9F2NO2/c11-8-5-9(12)7(10(14)15)4-6(8)2-1-3-13/h1-2,4-5H,3,13H2,(H,14,15). The summed E-state index contributed by atoms with van der Waals surface area (Å²) in [6.45, 7) is 0.194. The van der Waals surface area contributed by atoms with E-state index in [1.165, 1.54) is 12.2 Å². The van der Waals surface area contributed by atoms with E-state index in [2.05, 4.69) is 0 Å². The molecular formula is C10H9F2NO2. The van der Waals surface area contributed by atoms with Crippen molar-refractivity contribution in [1.82, 2.24) is 0 Å². The first-order valence-corrected chi connectivity index (χ1v) is 4.15. The summed E-state index contributed by atoms with van der Waals surface area (Å²) >= 11 is 0. The maximum Gasteiger partial charge on any atom is 0.338 e. The van der Waals surface area contributed by atoms with Crippen LogP contribution >= 0.6 is 0 Å². The Morgan fingerprint density at radius 1 is 1.40 bits per heavy atom. The Morgan fingerprint density at radius 3 is 2.60 bits per heavy atom. The first-order valence-electron chi connectivity index (χ1n) is 4.15. The minimum Gasteiger partial charge on any atom is -0.478 e. The predicted molar refractivity (Wildman–Crippen MR) is 51.4 cm³/mol. The number of benzene rings is 1. The molecule has 0 radical (unpaired) electrons. The highest BCUT2D eigenvalue weighted by atomic mass is 19.1. The van der Waals surface area contributed by atoms with Gasteiger partial charge in [-0.2, -0.15) is 0 Å². The Hall–Kier alpha value is -1.75. The van der Waals surface area contributed by atoms with Crippen LogP contribution in [-0.2, 0) is 0 Å². The van der Waals surface area contributed by atoms with E-state index < -0.39 is 23.2 Å². The number of hydrogen-bond donors (Lipinski definition) is 2. The number of carboxylic acid groups (broad SMARTS) is 1. The van der Waals surface area contributed by atoms with Crippen LogP contribution in [0.2, 0.25) is 0 Å². The van der Waals surface area contributed by atoms with Gasteiger partial charge in [0.1, 0.15) is 11.6 Å². The first kappa shape index (κ1) is 11.3. The van der Waals surface area contributed by atoms with Crippen molar-refractivity contribution in [3.63, 3.8) is 0 Å². The van der Waals surface area contributed by atoms with Gasteiger partial charge in [-0.25, -0.2) is 13.6 Å². The number of rotatable bonds is 3. The molecule has 0 saturated heterocycles. The van der Waals surface area contributed by atoms with Crippen LogP contribution < -0.4 is 5.73 Å². The van der Waals surface area contributed by atoms with E-state index in [4.69, 9.17) is 10.8 Å². The molecule has 0 aliphatic carbocycles. The number of hydrogen-bond acceptors (Lipinski definition) is 2. The highest BCUT2D eigenvalue weighted by molar-refractivity contribution is 5.88. The summed E-state index contributed by atoms with van der Waals surface area (Å²) in [5.74, 6) is -3.35. The van der Waals surface area contributed by atoms with Crippen LogP contribution in [0.3, 0.4) is 0 Å². The van der Waals surface area contributed by atoms with Crippen molar-refractivity contribution < 1.29 is 18.7 Å². The van der Waals surface area contributed by atoms with E-state index in [0.717, 1.165) is 6.07 Å². The molecule has 3 N–H and O–H groups in total. The fraction of sp³-hybridized carbons (Fsp3) is 0.100. The third-order valence-corrected chi connectivity index (χ3v) is 1.75. The first-order chi connectivity index (χ1) is 7.06. The molecule has 5 heteroatoms. The van der Waals surface area contributed by atoms with Crippen molar-refractivity contribution in [2.24, 2.45) is 5.73 Å². The second-order valence-electron chi connectivity index (χ2n) is 2.80. The van der Waals surface area contributed by atoms with Gasteiger partial charge in [0.15, 0.2) is 0 Å². The molecule has 0 atom stereocenters. The SMILES string of the molecule is NCC=Cc1cc(C(=O)O)c(F)cc1F. The molecule has 1 aromatic carbocycles. The molecule has 3 nitrogen and oxygen atoms in total. The Kier molecular flexibility index (Phi) is 3.51. The fourth-order valence-electron chi connectivity index (χ4n) is 1.05. The minimum atomic E-state index is -1.44. The largest absolute Gasteiger partial charge is 0.478 e. The summed E-state index contributed by atoms with van der Waals surface area (Å²) in [7, 11) is 0. The summed E-state index contributed by atoms with van der Waals surface area (Å²) in [6, 6.07) is 1.47. The van der Waals surface area contributed by atoms with Gasteiger partial charge in [0.05, 0.1) is 5.56 Å². The van der Waals surface area contributed by atoms with Crippen LogP contribution in [0.25, 0.3) is 6.08 Å². The van der Waals surface area contributed by atoms with Gasteiger partial charge >= 0.3 is 5.97 Å². The van der Waals surface area contributed by atoms with E-state index in [0.29, 0.717) is 6.07 Å². The van der Waals surface area contributed by atoms with Gasteiger partial charge in [0.2, 0.25) is 0 Å². The van der Waals surface area contributed by atoms with Gasteiger partial charge in [-0.1, -0.05) is 12.2 Å². The van der Waals surface area contributed by atoms with Crippen LogP contribution in [0.5, 0.6) is 0 Å². The smallest absolute Gasteiger partial charge is 0.338 e. The van der Waals surface area contributed by atoms with Crippen LogP contribution in [0.4, 0.5) is 8.78 Å². The normalized spacial score (nSPS) is 10.9. The van der Waals surface area contributed by atoms with Gasteiger partial charge in [-0.3, -0.25) is 0 Å². The van der Waals surface area contributed by atoms with Crippen molar-refractivity contribution in [2.45, 2.75) is 0 Å². The molecule has 0 amide bonds. The lowest BCUT2D eigenvalue weighted by atomic mass is 10.1. The van der Waals surface area contributed by atoms with Crippen molar-refractivity contribution in [1.29, 1.82) is 0 Å². The lowest BCUT2D eigenvalue weighted by molar-refractivity contribution is 0.0691. The average Bonchev–Trinajstić information content (AvgIpc) is 2.16. The second-order valence-corrected chi connectivity index (χ2v) is 2.80. The van der Waals surface area contributed by atoms with Crippen LogP contribution in [0, 0.1) is 11.6 Å². The Bertz CT molecular complexity index is 416. The molecule has 0 aromatic heterocycles. The Morgan fingerprint density at radius 2 is 2.07 bits per heavy atom. The fourth-order valence-corrected chi connectivity index (χ4v) is 1.05. The highest BCUT2D eigenvalue weighted by Gasteiger charge is 2.13. The molecule has 0 unspecified atom stereocenters. The Balaban J connectivity index is 3.23. The maximum atomic E-state index is 13.1. The van der Waals surface area contributed by atoms with E-state index in [-0.39, 0.29) is 12.1 Å². The average molecular weight is 213 g/mol. The molecule has 1 aromatic rings.